The molecule has 1 aromatic heterocycles. The van der Waals surface area contributed by atoms with Gasteiger partial charge in [0.2, 0.25) is 5.91 Å². The number of halogens is 1. The number of rotatable bonds is 10. The highest BCUT2D eigenvalue weighted by atomic mass is 79.9. The van der Waals surface area contributed by atoms with Gasteiger partial charge < -0.3 is 25.2 Å². The fourth-order valence-corrected chi connectivity index (χ4v) is 3.95. The van der Waals surface area contributed by atoms with Gasteiger partial charge in [0.15, 0.2) is 11.5 Å². The number of hydrogen-bond acceptors (Lipinski definition) is 7. The molecular formula is C25H29BrN4O4. The molecule has 0 radical (unpaired) electrons. The Hall–Kier alpha value is -3.33. The summed E-state index contributed by atoms with van der Waals surface area (Å²) in [6, 6.07) is 8.55. The molecular weight excluding hydrogens is 500 g/mol. The monoisotopic (exact) mass is 528 g/mol. The van der Waals surface area contributed by atoms with E-state index >= 15 is 0 Å². The lowest BCUT2D eigenvalue weighted by Gasteiger charge is -2.22. The van der Waals surface area contributed by atoms with Crippen LogP contribution >= 0.6 is 15.9 Å². The SMILES string of the molecule is C=C(OC)[C@H](CC(C)C)NC(=O)Cc1ccc(Br)cc1Nc1ncnc2cc(OC)c(O)cc12. The van der Waals surface area contributed by atoms with E-state index in [0.29, 0.717) is 39.8 Å². The van der Waals surface area contributed by atoms with E-state index in [1.807, 2.05) is 18.2 Å². The number of methoxy groups -OCH3 is 2. The van der Waals surface area contributed by atoms with Crippen LogP contribution in [-0.4, -0.2) is 41.2 Å². The normalized spacial score (nSPS) is 11.8. The number of phenolic OH excluding ortho intramolecular Hbond substituents is 1. The third-order valence-electron chi connectivity index (χ3n) is 5.31. The highest BCUT2D eigenvalue weighted by Crippen LogP contribution is 2.34. The van der Waals surface area contributed by atoms with Crippen molar-refractivity contribution in [2.75, 3.05) is 19.5 Å². The molecule has 9 heteroatoms. The van der Waals surface area contributed by atoms with Crippen molar-refractivity contribution in [2.24, 2.45) is 5.92 Å². The first kappa shape index (κ1) is 25.3. The molecule has 0 unspecified atom stereocenters. The van der Waals surface area contributed by atoms with Crippen LogP contribution in [0.25, 0.3) is 10.9 Å². The van der Waals surface area contributed by atoms with Crippen molar-refractivity contribution in [2.45, 2.75) is 32.7 Å². The van der Waals surface area contributed by atoms with E-state index in [4.69, 9.17) is 9.47 Å². The maximum atomic E-state index is 12.9. The molecule has 1 heterocycles. The summed E-state index contributed by atoms with van der Waals surface area (Å²) in [5.41, 5.74) is 2.08. The Labute approximate surface area is 207 Å². The molecule has 1 atom stereocenters. The average Bonchev–Trinajstić information content (AvgIpc) is 2.79. The number of phenols is 1. The fourth-order valence-electron chi connectivity index (χ4n) is 3.59. The van der Waals surface area contributed by atoms with Crippen LogP contribution < -0.4 is 15.4 Å². The Morgan fingerprint density at radius 3 is 2.65 bits per heavy atom. The van der Waals surface area contributed by atoms with Gasteiger partial charge in [-0.15, -0.1) is 0 Å². The zero-order valence-electron chi connectivity index (χ0n) is 19.7. The van der Waals surface area contributed by atoms with E-state index in [1.54, 1.807) is 19.2 Å². The van der Waals surface area contributed by atoms with Crippen molar-refractivity contribution < 1.29 is 19.4 Å². The standard InChI is InChI=1S/C25H29BrN4O4/c1-14(2)8-19(15(3)33-4)29-24(32)9-16-6-7-17(26)10-20(16)30-25-18-11-22(31)23(34-5)12-21(18)27-13-28-25/h6-7,10-14,19,31H,3,8-9H2,1-2,4-5H3,(H,29,32)(H,27,28,30)/t19-/m0/s1. The minimum atomic E-state index is -0.270. The molecule has 34 heavy (non-hydrogen) atoms. The van der Waals surface area contributed by atoms with E-state index in [2.05, 4.69) is 57.0 Å². The van der Waals surface area contributed by atoms with Gasteiger partial charge in [0.25, 0.3) is 0 Å². The Morgan fingerprint density at radius 2 is 1.97 bits per heavy atom. The van der Waals surface area contributed by atoms with E-state index in [9.17, 15) is 9.90 Å². The molecule has 3 rings (SSSR count). The van der Waals surface area contributed by atoms with Gasteiger partial charge in [0.05, 0.1) is 32.2 Å². The minimum absolute atomic E-state index is 0.0174. The van der Waals surface area contributed by atoms with Crippen LogP contribution in [0.1, 0.15) is 25.8 Å². The highest BCUT2D eigenvalue weighted by Gasteiger charge is 2.19. The quantitative estimate of drug-likeness (QED) is 0.315. The number of fused-ring (bicyclic) bond motifs is 1. The molecule has 0 aliphatic rings. The molecule has 0 aliphatic heterocycles. The number of aromatic hydroxyl groups is 1. The van der Waals surface area contributed by atoms with Crippen molar-refractivity contribution >= 4 is 44.2 Å². The molecule has 0 spiro atoms. The van der Waals surface area contributed by atoms with Gasteiger partial charge in [0, 0.05) is 21.6 Å². The second-order valence-corrected chi connectivity index (χ2v) is 9.20. The number of anilines is 2. The van der Waals surface area contributed by atoms with Gasteiger partial charge in [-0.25, -0.2) is 9.97 Å². The molecule has 0 aliphatic carbocycles. The molecule has 0 saturated heterocycles. The van der Waals surface area contributed by atoms with Crippen molar-refractivity contribution in [3.05, 3.63) is 59.0 Å². The number of amides is 1. The van der Waals surface area contributed by atoms with Crippen molar-refractivity contribution in [1.82, 2.24) is 15.3 Å². The maximum absolute atomic E-state index is 12.9. The van der Waals surface area contributed by atoms with Crippen molar-refractivity contribution in [1.29, 1.82) is 0 Å². The van der Waals surface area contributed by atoms with Crippen LogP contribution in [0, 0.1) is 5.92 Å². The molecule has 0 fully saturated rings. The lowest BCUT2D eigenvalue weighted by molar-refractivity contribution is -0.121. The van der Waals surface area contributed by atoms with Gasteiger partial charge in [-0.1, -0.05) is 42.4 Å². The molecule has 3 aromatic rings. The highest BCUT2D eigenvalue weighted by molar-refractivity contribution is 9.10. The number of nitrogens with zero attached hydrogens (tertiary/aromatic N) is 2. The summed E-state index contributed by atoms with van der Waals surface area (Å²) < 4.78 is 11.3. The molecule has 0 saturated carbocycles. The van der Waals surface area contributed by atoms with Crippen molar-refractivity contribution in [3.8, 4) is 11.5 Å². The number of benzene rings is 2. The number of carbonyl (C=O) groups is 1. The first-order valence-electron chi connectivity index (χ1n) is 10.8. The summed E-state index contributed by atoms with van der Waals surface area (Å²) in [4.78, 5) is 21.5. The predicted octanol–water partition coefficient (Wildman–Crippen LogP) is 5.08. The minimum Gasteiger partial charge on any atom is -0.504 e. The number of carbonyl (C=O) groups excluding carboxylic acids is 1. The largest absolute Gasteiger partial charge is 0.504 e. The third kappa shape index (κ3) is 6.17. The molecule has 8 nitrogen and oxygen atoms in total. The zero-order valence-corrected chi connectivity index (χ0v) is 21.3. The third-order valence-corrected chi connectivity index (χ3v) is 5.80. The topological polar surface area (TPSA) is 106 Å². The molecule has 3 N–H and O–H groups in total. The van der Waals surface area contributed by atoms with E-state index in [1.165, 1.54) is 13.4 Å². The summed E-state index contributed by atoms with van der Waals surface area (Å²) in [7, 11) is 3.03. The van der Waals surface area contributed by atoms with Gasteiger partial charge in [-0.3, -0.25) is 4.79 Å². The van der Waals surface area contributed by atoms with E-state index in [-0.39, 0.29) is 24.1 Å². The van der Waals surface area contributed by atoms with Gasteiger partial charge in [-0.2, -0.15) is 0 Å². The Morgan fingerprint density at radius 1 is 1.21 bits per heavy atom. The Kier molecular flexibility index (Phi) is 8.33. The van der Waals surface area contributed by atoms with Crippen LogP contribution in [0.3, 0.4) is 0 Å². The maximum Gasteiger partial charge on any atom is 0.225 e. The van der Waals surface area contributed by atoms with Gasteiger partial charge >= 0.3 is 0 Å². The van der Waals surface area contributed by atoms with Crippen LogP contribution in [-0.2, 0) is 16.0 Å². The van der Waals surface area contributed by atoms with Gasteiger partial charge in [-0.05, 0) is 36.1 Å². The lowest BCUT2D eigenvalue weighted by Crippen LogP contribution is -2.38. The second-order valence-electron chi connectivity index (χ2n) is 8.29. The number of nitrogens with one attached hydrogen (secondary N) is 2. The Balaban J connectivity index is 1.88. The van der Waals surface area contributed by atoms with Crippen molar-refractivity contribution in [3.63, 3.8) is 0 Å². The van der Waals surface area contributed by atoms with Crippen LogP contribution in [0.2, 0.25) is 0 Å². The number of ether oxygens (including phenoxy) is 2. The Bertz CT molecular complexity index is 1200. The number of aromatic nitrogens is 2. The smallest absolute Gasteiger partial charge is 0.225 e. The molecule has 180 valence electrons. The first-order chi connectivity index (χ1) is 16.2. The first-order valence-corrected chi connectivity index (χ1v) is 11.6. The van der Waals surface area contributed by atoms with Crippen LogP contribution in [0.4, 0.5) is 11.5 Å². The fraction of sp³-hybridized carbons (Fsp3) is 0.320. The summed E-state index contributed by atoms with van der Waals surface area (Å²) in [5.74, 6) is 1.54. The zero-order chi connectivity index (χ0) is 24.8. The molecule has 2 aromatic carbocycles. The van der Waals surface area contributed by atoms with Gasteiger partial charge in [0.1, 0.15) is 17.9 Å². The van der Waals surface area contributed by atoms with E-state index in [0.717, 1.165) is 16.5 Å². The van der Waals surface area contributed by atoms with E-state index < -0.39 is 0 Å². The van der Waals surface area contributed by atoms with Crippen LogP contribution in [0.5, 0.6) is 11.5 Å². The predicted molar refractivity (Wildman–Crippen MR) is 136 cm³/mol. The summed E-state index contributed by atoms with van der Waals surface area (Å²) >= 11 is 3.49. The second kappa shape index (κ2) is 11.2. The molecule has 1 amide bonds. The summed E-state index contributed by atoms with van der Waals surface area (Å²) in [6.45, 7) is 8.08. The molecule has 0 bridgehead atoms. The average molecular weight is 529 g/mol. The van der Waals surface area contributed by atoms with Crippen LogP contribution in [0.15, 0.2) is 53.5 Å². The summed E-state index contributed by atoms with van der Waals surface area (Å²) in [6.07, 6.45) is 2.30. The number of hydrogen-bond donors (Lipinski definition) is 3. The summed E-state index contributed by atoms with van der Waals surface area (Å²) in [5, 5.41) is 17.2. The lowest BCUT2D eigenvalue weighted by atomic mass is 10.0.